The molecule has 152 valence electrons. The van der Waals surface area contributed by atoms with Crippen LogP contribution in [0.15, 0.2) is 67.0 Å². The summed E-state index contributed by atoms with van der Waals surface area (Å²) in [7, 11) is 1.69. The number of methoxy groups -OCH3 is 1. The largest absolute Gasteiger partial charge is 0.497 e. The van der Waals surface area contributed by atoms with Crippen molar-refractivity contribution in [2.24, 2.45) is 5.41 Å². The normalized spacial score (nSPS) is 19.9. The van der Waals surface area contributed by atoms with E-state index in [-0.39, 0.29) is 12.0 Å². The molecule has 0 amide bonds. The van der Waals surface area contributed by atoms with Crippen molar-refractivity contribution in [2.75, 3.05) is 26.8 Å². The lowest BCUT2D eigenvalue weighted by Gasteiger charge is -2.42. The van der Waals surface area contributed by atoms with Crippen molar-refractivity contribution < 1.29 is 9.84 Å². The SMILES string of the molecule is COc1cccc(C[C@]2(CO)CCCN(Cc3cccn3-c3ccccn3)C2)c1. The summed E-state index contributed by atoms with van der Waals surface area (Å²) >= 11 is 0. The molecule has 5 heteroatoms. The van der Waals surface area contributed by atoms with Gasteiger partial charge in [0.25, 0.3) is 0 Å². The zero-order valence-electron chi connectivity index (χ0n) is 17.0. The molecule has 5 nitrogen and oxygen atoms in total. The van der Waals surface area contributed by atoms with E-state index >= 15 is 0 Å². The highest BCUT2D eigenvalue weighted by Crippen LogP contribution is 2.34. The molecule has 2 aromatic heterocycles. The van der Waals surface area contributed by atoms with Gasteiger partial charge in [0.2, 0.25) is 0 Å². The molecule has 29 heavy (non-hydrogen) atoms. The monoisotopic (exact) mass is 391 g/mol. The molecule has 1 saturated heterocycles. The number of rotatable bonds is 7. The lowest BCUT2D eigenvalue weighted by molar-refractivity contribution is 0.0281. The van der Waals surface area contributed by atoms with Crippen molar-refractivity contribution in [3.05, 3.63) is 78.2 Å². The van der Waals surface area contributed by atoms with Gasteiger partial charge in [0.05, 0.1) is 13.7 Å². The predicted octanol–water partition coefficient (Wildman–Crippen LogP) is 3.70. The fourth-order valence-corrected chi connectivity index (χ4v) is 4.48. The van der Waals surface area contributed by atoms with Gasteiger partial charge in [0.1, 0.15) is 11.6 Å². The average molecular weight is 392 g/mol. The zero-order chi connectivity index (χ0) is 20.1. The van der Waals surface area contributed by atoms with Crippen molar-refractivity contribution in [1.82, 2.24) is 14.5 Å². The molecule has 4 rings (SSSR count). The second-order valence-corrected chi connectivity index (χ2v) is 8.06. The summed E-state index contributed by atoms with van der Waals surface area (Å²) < 4.78 is 7.53. The standard InChI is InChI=1S/C24H29N3O2/c1-29-22-9-4-7-20(15-22)16-24(19-28)11-6-13-26(18-24)17-21-8-5-14-27(21)23-10-2-3-12-25-23/h2-5,7-10,12,14-15,28H,6,11,13,16-19H2,1H3/t24-/m1/s1. The summed E-state index contributed by atoms with van der Waals surface area (Å²) in [4.78, 5) is 6.95. The molecule has 0 unspecified atom stereocenters. The highest BCUT2D eigenvalue weighted by atomic mass is 16.5. The third-order valence-corrected chi connectivity index (χ3v) is 5.90. The summed E-state index contributed by atoms with van der Waals surface area (Å²) in [5, 5.41) is 10.3. The van der Waals surface area contributed by atoms with Crippen molar-refractivity contribution in [3.8, 4) is 11.6 Å². The van der Waals surface area contributed by atoms with Gasteiger partial charge < -0.3 is 14.4 Å². The number of likely N-dealkylation sites (tertiary alicyclic amines) is 1. The molecule has 1 aliphatic rings. The Morgan fingerprint density at radius 3 is 2.86 bits per heavy atom. The molecular formula is C24H29N3O2. The molecule has 3 aromatic rings. The summed E-state index contributed by atoms with van der Waals surface area (Å²) in [5.74, 6) is 1.81. The Kier molecular flexibility index (Phi) is 5.97. The van der Waals surface area contributed by atoms with E-state index in [0.29, 0.717) is 0 Å². The maximum absolute atomic E-state index is 10.3. The number of nitrogens with zero attached hydrogens (tertiary/aromatic N) is 3. The minimum atomic E-state index is -0.118. The van der Waals surface area contributed by atoms with Crippen LogP contribution in [0.1, 0.15) is 24.1 Å². The van der Waals surface area contributed by atoms with E-state index in [1.807, 2.05) is 36.5 Å². The van der Waals surface area contributed by atoms with Crippen LogP contribution < -0.4 is 4.74 Å². The van der Waals surface area contributed by atoms with Crippen LogP contribution >= 0.6 is 0 Å². The van der Waals surface area contributed by atoms with Gasteiger partial charge in [0, 0.05) is 36.6 Å². The third kappa shape index (κ3) is 4.52. The molecule has 1 aromatic carbocycles. The number of benzene rings is 1. The number of aliphatic hydroxyl groups is 1. The van der Waals surface area contributed by atoms with Gasteiger partial charge in [0.15, 0.2) is 0 Å². The van der Waals surface area contributed by atoms with Crippen molar-refractivity contribution in [1.29, 1.82) is 0 Å². The van der Waals surface area contributed by atoms with Crippen LogP contribution in [0, 0.1) is 5.41 Å². The van der Waals surface area contributed by atoms with Crippen LogP contribution in [0.3, 0.4) is 0 Å². The Labute approximate surface area is 172 Å². The minimum Gasteiger partial charge on any atom is -0.497 e. The first kappa shape index (κ1) is 19.7. The molecule has 1 N–H and O–H groups in total. The smallest absolute Gasteiger partial charge is 0.136 e. The van der Waals surface area contributed by atoms with Crippen LogP contribution in [-0.4, -0.2) is 46.4 Å². The number of piperidine rings is 1. The first-order chi connectivity index (χ1) is 14.2. The van der Waals surface area contributed by atoms with Crippen LogP contribution in [0.2, 0.25) is 0 Å². The van der Waals surface area contributed by atoms with Gasteiger partial charge in [-0.1, -0.05) is 18.2 Å². The summed E-state index contributed by atoms with van der Waals surface area (Å²) in [6.45, 7) is 2.98. The number of ether oxygens (including phenoxy) is 1. The Morgan fingerprint density at radius 2 is 2.07 bits per heavy atom. The van der Waals surface area contributed by atoms with E-state index in [1.54, 1.807) is 7.11 Å². The summed E-state index contributed by atoms with van der Waals surface area (Å²) in [6, 6.07) is 18.4. The van der Waals surface area contributed by atoms with Gasteiger partial charge >= 0.3 is 0 Å². The van der Waals surface area contributed by atoms with Gasteiger partial charge in [-0.25, -0.2) is 4.98 Å². The molecule has 0 radical (unpaired) electrons. The van der Waals surface area contributed by atoms with E-state index in [1.165, 1.54) is 11.3 Å². The molecule has 1 atom stereocenters. The van der Waals surface area contributed by atoms with Crippen LogP contribution in [-0.2, 0) is 13.0 Å². The maximum atomic E-state index is 10.3. The van der Waals surface area contributed by atoms with E-state index < -0.39 is 0 Å². The minimum absolute atomic E-state index is 0.118. The zero-order valence-corrected chi connectivity index (χ0v) is 17.0. The first-order valence-corrected chi connectivity index (χ1v) is 10.3. The predicted molar refractivity (Wildman–Crippen MR) is 114 cm³/mol. The van der Waals surface area contributed by atoms with Gasteiger partial charge in [-0.3, -0.25) is 4.90 Å². The van der Waals surface area contributed by atoms with Crippen molar-refractivity contribution >= 4 is 0 Å². The molecule has 0 aliphatic carbocycles. The van der Waals surface area contributed by atoms with Gasteiger partial charge in [-0.2, -0.15) is 0 Å². The average Bonchev–Trinajstić information content (AvgIpc) is 3.23. The van der Waals surface area contributed by atoms with E-state index in [9.17, 15) is 5.11 Å². The Bertz CT molecular complexity index is 925. The molecule has 0 saturated carbocycles. The fraction of sp³-hybridized carbons (Fsp3) is 0.375. The lowest BCUT2D eigenvalue weighted by atomic mass is 9.75. The van der Waals surface area contributed by atoms with Gasteiger partial charge in [-0.15, -0.1) is 0 Å². The van der Waals surface area contributed by atoms with Crippen LogP contribution in [0.5, 0.6) is 5.75 Å². The third-order valence-electron chi connectivity index (χ3n) is 5.90. The Hall–Kier alpha value is -2.63. The van der Waals surface area contributed by atoms with Crippen LogP contribution in [0.4, 0.5) is 0 Å². The van der Waals surface area contributed by atoms with E-state index in [0.717, 1.165) is 50.5 Å². The quantitative estimate of drug-likeness (QED) is 0.667. The van der Waals surface area contributed by atoms with Gasteiger partial charge in [-0.05, 0) is 67.8 Å². The fourth-order valence-electron chi connectivity index (χ4n) is 4.48. The highest BCUT2D eigenvalue weighted by molar-refractivity contribution is 5.30. The number of aromatic nitrogens is 2. The molecule has 0 spiro atoms. The molecule has 3 heterocycles. The van der Waals surface area contributed by atoms with Crippen molar-refractivity contribution in [2.45, 2.75) is 25.8 Å². The maximum Gasteiger partial charge on any atom is 0.136 e. The number of aliphatic hydroxyl groups excluding tert-OH is 1. The Morgan fingerprint density at radius 1 is 1.14 bits per heavy atom. The highest BCUT2D eigenvalue weighted by Gasteiger charge is 2.35. The molecule has 0 bridgehead atoms. The second-order valence-electron chi connectivity index (χ2n) is 8.06. The number of hydrogen-bond donors (Lipinski definition) is 1. The van der Waals surface area contributed by atoms with E-state index in [2.05, 4.69) is 44.9 Å². The number of pyridine rings is 1. The lowest BCUT2D eigenvalue weighted by Crippen LogP contribution is -2.46. The number of hydrogen-bond acceptors (Lipinski definition) is 4. The Balaban J connectivity index is 1.50. The molecule has 1 aliphatic heterocycles. The molecular weight excluding hydrogens is 362 g/mol. The summed E-state index contributed by atoms with van der Waals surface area (Å²) in [6.07, 6.45) is 6.88. The van der Waals surface area contributed by atoms with E-state index in [4.69, 9.17) is 4.74 Å². The van der Waals surface area contributed by atoms with Crippen molar-refractivity contribution in [3.63, 3.8) is 0 Å². The van der Waals surface area contributed by atoms with Crippen LogP contribution in [0.25, 0.3) is 5.82 Å². The molecule has 1 fully saturated rings. The first-order valence-electron chi connectivity index (χ1n) is 10.3. The summed E-state index contributed by atoms with van der Waals surface area (Å²) in [5.41, 5.74) is 2.32. The second kappa shape index (κ2) is 8.80. The topological polar surface area (TPSA) is 50.5 Å².